The number of ether oxygens (including phenoxy) is 2. The lowest BCUT2D eigenvalue weighted by Gasteiger charge is -2.10. The largest absolute Gasteiger partial charge is 0.491 e. The third-order valence-corrected chi connectivity index (χ3v) is 3.59. The first-order chi connectivity index (χ1) is 9.13. The van der Waals surface area contributed by atoms with Gasteiger partial charge in [-0.25, -0.2) is 0 Å². The highest BCUT2D eigenvalue weighted by Gasteiger charge is 2.01. The minimum absolute atomic E-state index is 0.603. The smallest absolute Gasteiger partial charge is 0.122 e. The lowest BCUT2D eigenvalue weighted by molar-refractivity contribution is -0.687. The van der Waals surface area contributed by atoms with Crippen molar-refractivity contribution in [3.8, 4) is 5.75 Å². The summed E-state index contributed by atoms with van der Waals surface area (Å²) in [7, 11) is 0. The van der Waals surface area contributed by atoms with Crippen LogP contribution in [0.4, 0.5) is 0 Å². The van der Waals surface area contributed by atoms with Crippen LogP contribution in [0.25, 0.3) is 0 Å². The van der Waals surface area contributed by atoms with Crippen LogP contribution >= 0.6 is 15.9 Å². The third-order valence-electron chi connectivity index (χ3n) is 3.10. The van der Waals surface area contributed by atoms with E-state index in [1.807, 2.05) is 19.1 Å². The van der Waals surface area contributed by atoms with Crippen molar-refractivity contribution < 1.29 is 14.8 Å². The highest BCUT2D eigenvalue weighted by Crippen LogP contribution is 2.21. The highest BCUT2D eigenvalue weighted by atomic mass is 79.9. The van der Waals surface area contributed by atoms with Crippen LogP contribution in [-0.4, -0.2) is 32.4 Å². The molecule has 1 atom stereocenters. The zero-order valence-electron chi connectivity index (χ0n) is 12.1. The van der Waals surface area contributed by atoms with Crippen molar-refractivity contribution in [3.63, 3.8) is 0 Å². The second kappa shape index (κ2) is 9.34. The lowest BCUT2D eigenvalue weighted by Crippen LogP contribution is -2.90. The molecule has 1 aromatic carbocycles. The molecule has 0 radical (unpaired) electrons. The Morgan fingerprint density at radius 3 is 2.74 bits per heavy atom. The van der Waals surface area contributed by atoms with Crippen LogP contribution < -0.4 is 10.1 Å². The van der Waals surface area contributed by atoms with E-state index in [0.717, 1.165) is 28.9 Å². The van der Waals surface area contributed by atoms with Gasteiger partial charge in [0, 0.05) is 4.47 Å². The van der Waals surface area contributed by atoms with Gasteiger partial charge in [-0.2, -0.15) is 0 Å². The molecule has 1 rings (SSSR count). The zero-order valence-corrected chi connectivity index (χ0v) is 13.7. The Hall–Kier alpha value is -0.580. The summed E-state index contributed by atoms with van der Waals surface area (Å²) < 4.78 is 12.3. The Morgan fingerprint density at radius 1 is 1.26 bits per heavy atom. The molecule has 0 heterocycles. The molecule has 0 aromatic heterocycles. The number of quaternary nitrogens is 1. The molecule has 0 amide bonds. The van der Waals surface area contributed by atoms with E-state index in [-0.39, 0.29) is 0 Å². The first kappa shape index (κ1) is 16.5. The average Bonchev–Trinajstić information content (AvgIpc) is 2.39. The number of aryl methyl sites for hydroxylation is 1. The molecule has 108 valence electrons. The number of halogens is 1. The van der Waals surface area contributed by atoms with Crippen molar-refractivity contribution in [3.05, 3.63) is 28.2 Å². The summed E-state index contributed by atoms with van der Waals surface area (Å²) >= 11 is 3.44. The van der Waals surface area contributed by atoms with Gasteiger partial charge in [0.15, 0.2) is 0 Å². The van der Waals surface area contributed by atoms with Crippen LogP contribution in [0.2, 0.25) is 0 Å². The van der Waals surface area contributed by atoms with Gasteiger partial charge < -0.3 is 14.8 Å². The highest BCUT2D eigenvalue weighted by molar-refractivity contribution is 9.10. The molecule has 3 nitrogen and oxygen atoms in total. The van der Waals surface area contributed by atoms with Gasteiger partial charge in [-0.15, -0.1) is 0 Å². The summed E-state index contributed by atoms with van der Waals surface area (Å²) in [4.78, 5) is 0. The molecule has 0 aliphatic carbocycles. The summed E-state index contributed by atoms with van der Waals surface area (Å²) in [6.45, 7) is 9.53. The molecule has 4 heteroatoms. The van der Waals surface area contributed by atoms with Gasteiger partial charge in [0.25, 0.3) is 0 Å². The lowest BCUT2D eigenvalue weighted by atomic mass is 10.2. The van der Waals surface area contributed by atoms with Crippen molar-refractivity contribution >= 4 is 15.9 Å². The molecule has 2 N–H and O–H groups in total. The molecule has 0 saturated carbocycles. The topological polar surface area (TPSA) is 35.1 Å². The van der Waals surface area contributed by atoms with Crippen molar-refractivity contribution in [1.29, 1.82) is 0 Å². The number of rotatable bonds is 9. The van der Waals surface area contributed by atoms with Crippen LogP contribution in [0.15, 0.2) is 22.7 Å². The zero-order chi connectivity index (χ0) is 14.1. The van der Waals surface area contributed by atoms with Crippen LogP contribution in [0.5, 0.6) is 5.75 Å². The molecule has 0 bridgehead atoms. The molecular weight excluding hydrogens is 306 g/mol. The molecule has 0 aliphatic rings. The number of hydrogen-bond donors (Lipinski definition) is 1. The van der Waals surface area contributed by atoms with Gasteiger partial charge in [-0.3, -0.25) is 0 Å². The quantitative estimate of drug-likeness (QED) is 0.706. The Labute approximate surface area is 124 Å². The summed E-state index contributed by atoms with van der Waals surface area (Å²) in [6.07, 6.45) is 1.20. The standard InChI is InChI=1S/C15H24BrNO2/c1-4-13(3)17-7-8-18-9-10-19-15-6-5-14(16)11-12(15)2/h5-6,11,13,17H,4,7-10H2,1-3H3/p+1/t13-/m0/s1. The minimum atomic E-state index is 0.603. The second-order valence-corrected chi connectivity index (χ2v) is 5.70. The third kappa shape index (κ3) is 6.95. The summed E-state index contributed by atoms with van der Waals surface area (Å²) in [6, 6.07) is 6.71. The average molecular weight is 331 g/mol. The Morgan fingerprint density at radius 2 is 2.05 bits per heavy atom. The first-order valence-electron chi connectivity index (χ1n) is 6.93. The summed E-state index contributed by atoms with van der Waals surface area (Å²) in [5.41, 5.74) is 1.14. The fourth-order valence-corrected chi connectivity index (χ4v) is 2.17. The molecule has 1 aromatic rings. The number of nitrogens with two attached hydrogens (primary N) is 1. The van der Waals surface area contributed by atoms with E-state index in [1.54, 1.807) is 0 Å². The van der Waals surface area contributed by atoms with E-state index in [2.05, 4.69) is 41.2 Å². The maximum absolute atomic E-state index is 5.68. The fourth-order valence-electron chi connectivity index (χ4n) is 1.69. The Balaban J connectivity index is 2.07. The maximum Gasteiger partial charge on any atom is 0.122 e. The molecule has 0 fully saturated rings. The predicted molar refractivity (Wildman–Crippen MR) is 81.7 cm³/mol. The van der Waals surface area contributed by atoms with Crippen molar-refractivity contribution in [1.82, 2.24) is 0 Å². The van der Waals surface area contributed by atoms with Gasteiger partial charge >= 0.3 is 0 Å². The predicted octanol–water partition coefficient (Wildman–Crippen LogP) is 2.51. The Bertz CT molecular complexity index is 371. The number of benzene rings is 1. The van der Waals surface area contributed by atoms with Gasteiger partial charge in [0.1, 0.15) is 12.4 Å². The summed E-state index contributed by atoms with van der Waals surface area (Å²) in [5, 5.41) is 2.32. The van der Waals surface area contributed by atoms with Crippen LogP contribution in [0.1, 0.15) is 25.8 Å². The minimum Gasteiger partial charge on any atom is -0.491 e. The van der Waals surface area contributed by atoms with Gasteiger partial charge in [-0.05, 0) is 44.0 Å². The van der Waals surface area contributed by atoms with Crippen LogP contribution in [0, 0.1) is 6.92 Å². The summed E-state index contributed by atoms with van der Waals surface area (Å²) in [5.74, 6) is 0.929. The second-order valence-electron chi connectivity index (χ2n) is 4.78. The van der Waals surface area contributed by atoms with Gasteiger partial charge in [0.05, 0.1) is 25.8 Å². The number of hydrogen-bond acceptors (Lipinski definition) is 2. The molecule has 0 aliphatic heterocycles. The van der Waals surface area contributed by atoms with Gasteiger partial charge in [-0.1, -0.05) is 22.9 Å². The van der Waals surface area contributed by atoms with Crippen LogP contribution in [-0.2, 0) is 4.74 Å². The fraction of sp³-hybridized carbons (Fsp3) is 0.600. The van der Waals surface area contributed by atoms with E-state index in [1.165, 1.54) is 6.42 Å². The van der Waals surface area contributed by atoms with Crippen molar-refractivity contribution in [2.24, 2.45) is 0 Å². The molecule has 0 unspecified atom stereocenters. The van der Waals surface area contributed by atoms with E-state index in [0.29, 0.717) is 19.3 Å². The van der Waals surface area contributed by atoms with Crippen LogP contribution in [0.3, 0.4) is 0 Å². The van der Waals surface area contributed by atoms with Crippen molar-refractivity contribution in [2.75, 3.05) is 26.4 Å². The Kier molecular flexibility index (Phi) is 8.10. The molecule has 19 heavy (non-hydrogen) atoms. The molecule has 0 saturated heterocycles. The van der Waals surface area contributed by atoms with E-state index < -0.39 is 0 Å². The van der Waals surface area contributed by atoms with E-state index >= 15 is 0 Å². The monoisotopic (exact) mass is 330 g/mol. The maximum atomic E-state index is 5.68. The molecule has 0 spiro atoms. The van der Waals surface area contributed by atoms with Gasteiger partial charge in [0.2, 0.25) is 0 Å². The van der Waals surface area contributed by atoms with Crippen molar-refractivity contribution in [2.45, 2.75) is 33.2 Å². The van der Waals surface area contributed by atoms with E-state index in [9.17, 15) is 0 Å². The molecular formula is C15H25BrNO2+. The first-order valence-corrected chi connectivity index (χ1v) is 7.72. The normalized spacial score (nSPS) is 12.4. The SMILES string of the molecule is CC[C@H](C)[NH2+]CCOCCOc1ccc(Br)cc1C. The van der Waals surface area contributed by atoms with E-state index in [4.69, 9.17) is 9.47 Å².